The van der Waals surface area contributed by atoms with Crippen LogP contribution in [-0.2, 0) is 0 Å². The van der Waals surface area contributed by atoms with Crippen molar-refractivity contribution in [2.75, 3.05) is 6.54 Å². The van der Waals surface area contributed by atoms with E-state index in [4.69, 9.17) is 0 Å². The Morgan fingerprint density at radius 1 is 1.42 bits per heavy atom. The largest absolute Gasteiger partial charge is 0.291 e. The van der Waals surface area contributed by atoms with Gasteiger partial charge in [0.1, 0.15) is 12.7 Å². The number of nitrogens with one attached hydrogen (secondary N) is 1. The van der Waals surface area contributed by atoms with E-state index >= 15 is 0 Å². The molecular weight excluding hydrogens is 242 g/mol. The Hall–Kier alpha value is -2.76. The van der Waals surface area contributed by atoms with Crippen LogP contribution in [0.4, 0.5) is 0 Å². The van der Waals surface area contributed by atoms with Crippen LogP contribution in [0.2, 0.25) is 0 Å². The normalized spacial score (nSPS) is 11.1. The number of nitrogens with zero attached hydrogens (tertiary/aromatic N) is 4. The quantitative estimate of drug-likeness (QED) is 0.507. The minimum absolute atomic E-state index is 0.251. The number of hydrogen-bond acceptors (Lipinski definition) is 4. The number of carbonyl (C=O) groups excluding carboxylic acids is 1. The summed E-state index contributed by atoms with van der Waals surface area (Å²) in [5.41, 5.74) is 0.550. The summed E-state index contributed by atoms with van der Waals surface area (Å²) in [7, 11) is 0. The molecule has 96 valence electrons. The van der Waals surface area contributed by atoms with Crippen LogP contribution in [0.1, 0.15) is 10.4 Å². The van der Waals surface area contributed by atoms with Gasteiger partial charge in [0.25, 0.3) is 5.91 Å². The summed E-state index contributed by atoms with van der Waals surface area (Å²) >= 11 is 0. The van der Waals surface area contributed by atoms with E-state index < -0.39 is 0 Å². The maximum atomic E-state index is 12.0. The van der Waals surface area contributed by atoms with Gasteiger partial charge in [-0.3, -0.25) is 10.1 Å². The number of aromatic nitrogens is 3. The lowest BCUT2D eigenvalue weighted by Gasteiger charge is -2.07. The highest BCUT2D eigenvalue weighted by molar-refractivity contribution is 6.06. The summed E-state index contributed by atoms with van der Waals surface area (Å²) in [5, 5.41) is 6.64. The summed E-state index contributed by atoms with van der Waals surface area (Å²) in [5.74, 6) is 0.0603. The lowest BCUT2D eigenvalue weighted by Crippen LogP contribution is -2.36. The van der Waals surface area contributed by atoms with Crippen molar-refractivity contribution in [2.24, 2.45) is 4.99 Å². The fraction of sp³-hybridized carbons (Fsp3) is 0.0769. The molecule has 1 aromatic carbocycles. The number of benzene rings is 1. The lowest BCUT2D eigenvalue weighted by molar-refractivity contribution is 0.0975. The molecule has 0 spiro atoms. The van der Waals surface area contributed by atoms with Gasteiger partial charge in [-0.05, 0) is 12.1 Å². The summed E-state index contributed by atoms with van der Waals surface area (Å²) in [6.45, 7) is 3.97. The maximum Gasteiger partial charge on any atom is 0.258 e. The molecule has 0 atom stereocenters. The second kappa shape index (κ2) is 6.25. The molecule has 0 saturated heterocycles. The van der Waals surface area contributed by atoms with Crippen LogP contribution in [-0.4, -0.2) is 33.2 Å². The van der Waals surface area contributed by atoms with Crippen molar-refractivity contribution in [3.8, 4) is 0 Å². The average Bonchev–Trinajstić information content (AvgIpc) is 2.98. The van der Waals surface area contributed by atoms with Crippen LogP contribution >= 0.6 is 0 Å². The number of carbonyl (C=O) groups is 1. The molecule has 0 radical (unpaired) electrons. The monoisotopic (exact) mass is 255 g/mol. The van der Waals surface area contributed by atoms with Gasteiger partial charge in [-0.1, -0.05) is 24.3 Å². The number of amides is 1. The Balaban J connectivity index is 2.17. The first-order valence-electron chi connectivity index (χ1n) is 5.68. The molecule has 1 amide bonds. The Kier molecular flexibility index (Phi) is 4.17. The van der Waals surface area contributed by atoms with Gasteiger partial charge in [-0.15, -0.1) is 6.58 Å². The fourth-order valence-electron chi connectivity index (χ4n) is 1.40. The van der Waals surface area contributed by atoms with Gasteiger partial charge in [0, 0.05) is 5.56 Å². The van der Waals surface area contributed by atoms with Crippen molar-refractivity contribution in [1.82, 2.24) is 20.1 Å². The van der Waals surface area contributed by atoms with Crippen molar-refractivity contribution >= 4 is 11.9 Å². The minimum Gasteiger partial charge on any atom is -0.291 e. The molecule has 1 N–H and O–H groups in total. The standard InChI is InChI=1S/C13H13N5O/c1-2-8-15-13(18-10-14-9-16-18)17-12(19)11-6-4-3-5-7-11/h2-7,9-10H,1,8H2,(H,15,17,19). The van der Waals surface area contributed by atoms with Gasteiger partial charge in [0.05, 0.1) is 6.54 Å². The zero-order chi connectivity index (χ0) is 13.5. The van der Waals surface area contributed by atoms with Gasteiger partial charge in [-0.25, -0.2) is 9.98 Å². The summed E-state index contributed by atoms with van der Waals surface area (Å²) in [4.78, 5) is 20.0. The third kappa shape index (κ3) is 3.35. The molecular formula is C13H13N5O. The van der Waals surface area contributed by atoms with Gasteiger partial charge >= 0.3 is 0 Å². The zero-order valence-corrected chi connectivity index (χ0v) is 10.2. The van der Waals surface area contributed by atoms with Crippen LogP contribution in [0.25, 0.3) is 0 Å². The van der Waals surface area contributed by atoms with Gasteiger partial charge < -0.3 is 0 Å². The number of rotatable bonds is 3. The molecule has 0 aliphatic carbocycles. The molecule has 0 unspecified atom stereocenters. The molecule has 0 aliphatic rings. The topological polar surface area (TPSA) is 72.2 Å². The molecule has 2 aromatic rings. The van der Waals surface area contributed by atoms with Crippen molar-refractivity contribution in [2.45, 2.75) is 0 Å². The Labute approximate surface area is 110 Å². The summed E-state index contributed by atoms with van der Waals surface area (Å²) in [6, 6.07) is 8.89. The first kappa shape index (κ1) is 12.7. The highest BCUT2D eigenvalue weighted by Crippen LogP contribution is 1.98. The fourth-order valence-corrected chi connectivity index (χ4v) is 1.40. The lowest BCUT2D eigenvalue weighted by atomic mass is 10.2. The van der Waals surface area contributed by atoms with E-state index in [0.717, 1.165) is 0 Å². The van der Waals surface area contributed by atoms with Crippen LogP contribution in [0, 0.1) is 0 Å². The average molecular weight is 255 g/mol. The summed E-state index contributed by atoms with van der Waals surface area (Å²) in [6.07, 6.45) is 4.47. The molecule has 0 aliphatic heterocycles. The molecule has 0 fully saturated rings. The van der Waals surface area contributed by atoms with Crippen molar-refractivity contribution in [3.05, 3.63) is 61.2 Å². The first-order valence-corrected chi connectivity index (χ1v) is 5.68. The van der Waals surface area contributed by atoms with E-state index in [-0.39, 0.29) is 5.91 Å². The number of aliphatic imine (C=N–C) groups is 1. The zero-order valence-electron chi connectivity index (χ0n) is 10.2. The third-order valence-corrected chi connectivity index (χ3v) is 2.27. The molecule has 0 saturated carbocycles. The minimum atomic E-state index is -0.251. The first-order chi connectivity index (χ1) is 9.31. The molecule has 1 heterocycles. The highest BCUT2D eigenvalue weighted by atomic mass is 16.1. The molecule has 2 rings (SSSR count). The Bertz CT molecular complexity index is 574. The van der Waals surface area contributed by atoms with Crippen LogP contribution < -0.4 is 5.32 Å². The van der Waals surface area contributed by atoms with E-state index in [1.54, 1.807) is 30.3 Å². The van der Waals surface area contributed by atoms with Gasteiger partial charge in [-0.2, -0.15) is 9.78 Å². The van der Waals surface area contributed by atoms with E-state index in [9.17, 15) is 4.79 Å². The van der Waals surface area contributed by atoms with Gasteiger partial charge in [0.15, 0.2) is 0 Å². The second-order valence-corrected chi connectivity index (χ2v) is 3.61. The molecule has 19 heavy (non-hydrogen) atoms. The molecule has 6 nitrogen and oxygen atoms in total. The van der Waals surface area contributed by atoms with Gasteiger partial charge in [0.2, 0.25) is 5.96 Å². The molecule has 1 aromatic heterocycles. The summed E-state index contributed by atoms with van der Waals surface area (Å²) < 4.78 is 1.39. The van der Waals surface area contributed by atoms with Crippen LogP contribution in [0.15, 0.2) is 60.6 Å². The molecule has 6 heteroatoms. The Morgan fingerprint density at radius 3 is 2.84 bits per heavy atom. The van der Waals surface area contributed by atoms with Crippen LogP contribution in [0.5, 0.6) is 0 Å². The van der Waals surface area contributed by atoms with Crippen molar-refractivity contribution in [3.63, 3.8) is 0 Å². The smallest absolute Gasteiger partial charge is 0.258 e. The van der Waals surface area contributed by atoms with E-state index in [1.165, 1.54) is 17.3 Å². The third-order valence-electron chi connectivity index (χ3n) is 2.27. The SMILES string of the molecule is C=CCN=C(NC(=O)c1ccccc1)n1cncn1. The van der Waals surface area contributed by atoms with Crippen molar-refractivity contribution < 1.29 is 4.79 Å². The number of hydrogen-bond donors (Lipinski definition) is 1. The van der Waals surface area contributed by atoms with Crippen LogP contribution in [0.3, 0.4) is 0 Å². The predicted octanol–water partition coefficient (Wildman–Crippen LogP) is 1.10. The Morgan fingerprint density at radius 2 is 2.21 bits per heavy atom. The highest BCUT2D eigenvalue weighted by Gasteiger charge is 2.10. The predicted molar refractivity (Wildman–Crippen MR) is 71.8 cm³/mol. The van der Waals surface area contributed by atoms with E-state index in [1.807, 2.05) is 6.07 Å². The molecule has 0 bridgehead atoms. The van der Waals surface area contributed by atoms with Crippen molar-refractivity contribution in [1.29, 1.82) is 0 Å². The second-order valence-electron chi connectivity index (χ2n) is 3.61. The van der Waals surface area contributed by atoms with E-state index in [2.05, 4.69) is 27.0 Å². The van der Waals surface area contributed by atoms with E-state index in [0.29, 0.717) is 18.1 Å². The maximum absolute atomic E-state index is 12.0.